The lowest BCUT2D eigenvalue weighted by Crippen LogP contribution is -2.56. The minimum Gasteiger partial charge on any atom is -0.480 e. The number of anilines is 2. The molecule has 2 unspecified atom stereocenters. The molecule has 2 heterocycles. The van der Waals surface area contributed by atoms with Crippen molar-refractivity contribution in [2.75, 3.05) is 23.7 Å². The van der Waals surface area contributed by atoms with E-state index < -0.39 is 77.0 Å². The fourth-order valence-electron chi connectivity index (χ4n) is 10.9. The molecule has 6 aromatic carbocycles. The van der Waals surface area contributed by atoms with Crippen molar-refractivity contribution in [3.05, 3.63) is 200 Å². The molecule has 8 rings (SSSR count). The van der Waals surface area contributed by atoms with Crippen molar-refractivity contribution >= 4 is 93.8 Å². The van der Waals surface area contributed by atoms with Gasteiger partial charge in [-0.2, -0.15) is 0 Å². The van der Waals surface area contributed by atoms with E-state index in [0.717, 1.165) is 46.2 Å². The molecule has 0 spiro atoms. The third-order valence-corrected chi connectivity index (χ3v) is 17.1. The molecular formula is C76H90Cl2F2N8O13. The quantitative estimate of drug-likeness (QED) is 0.0207. The molecule has 8 N–H and O–H groups in total. The van der Waals surface area contributed by atoms with Gasteiger partial charge in [-0.25, -0.2) is 23.2 Å². The van der Waals surface area contributed by atoms with Crippen molar-refractivity contribution in [1.82, 2.24) is 25.8 Å². The van der Waals surface area contributed by atoms with Crippen LogP contribution in [0.2, 0.25) is 10.0 Å². The highest BCUT2D eigenvalue weighted by Gasteiger charge is 2.37. The number of rotatable bonds is 25. The van der Waals surface area contributed by atoms with Gasteiger partial charge >= 0.3 is 18.2 Å². The molecule has 101 heavy (non-hydrogen) atoms. The van der Waals surface area contributed by atoms with Gasteiger partial charge in [0.25, 0.3) is 0 Å². The number of amides is 7. The first-order valence-electron chi connectivity index (χ1n) is 33.4. The Morgan fingerprint density at radius 3 is 1.35 bits per heavy atom. The van der Waals surface area contributed by atoms with Crippen LogP contribution < -0.4 is 32.3 Å². The van der Waals surface area contributed by atoms with Gasteiger partial charge in [0.15, 0.2) is 11.6 Å². The number of Topliss-reactive ketones (excluding diaryl/α,β-unsaturated/α-hetero) is 2. The number of ether oxygens (including phenoxy) is 2. The standard InChI is InChI=1S/C38H44ClFN4O6.C20H18FNO4.C18H28ClN3O3/c1-24-21-29(16-17-30(24)39)42-35(47)31(11-7-8-20-41-37(49)50-38(2,3)4)43-36(48)32-22-26-9-5-6-10-27(26)23-44(32)34(46)19-18-33(45)25-12-14-28(40)15-13-25;21-16-7-5-13(6-8-16)18(23)9-10-19(24)22-12-15-4-2-1-3-14(15)11-17(22)20(25)26;1-12-11-13(8-9-14(12)19)22-16(23)15(20)7-5-6-10-21-17(24)25-18(2,3)4/h5-6,9-10,12-17,21,31-32H,7-8,11,18-20,22-23H2,1-4H3,(H,41,49)(H,42,47)(H,43,48);1-8,17H,9-12H2,(H,25,26);8-9,11,15H,5-7,10,20H2,1-4H3,(H,21,24)(H,22,23)/t31-,32?;;15-/m0.0/s1. The second-order valence-corrected chi connectivity index (χ2v) is 27.5. The van der Waals surface area contributed by atoms with Crippen LogP contribution in [0.4, 0.5) is 29.7 Å². The molecule has 0 saturated heterocycles. The Morgan fingerprint density at radius 1 is 0.535 bits per heavy atom. The summed E-state index contributed by atoms with van der Waals surface area (Å²) in [6.45, 7) is 15.6. The third-order valence-electron chi connectivity index (χ3n) is 16.2. The highest BCUT2D eigenvalue weighted by Crippen LogP contribution is 2.28. The molecule has 0 aliphatic carbocycles. The lowest BCUT2D eigenvalue weighted by atomic mass is 9.92. The van der Waals surface area contributed by atoms with Crippen LogP contribution in [0, 0.1) is 25.5 Å². The number of hydrogen-bond donors (Lipinski definition) is 7. The molecule has 6 aromatic rings. The summed E-state index contributed by atoms with van der Waals surface area (Å²) in [5.74, 6) is -4.49. The Balaban J connectivity index is 0.000000264. The Labute approximate surface area is 597 Å². The van der Waals surface area contributed by atoms with Gasteiger partial charge in [0.1, 0.15) is 41.0 Å². The minimum absolute atomic E-state index is 0.0467. The molecule has 7 amide bonds. The van der Waals surface area contributed by atoms with Gasteiger partial charge < -0.3 is 56.7 Å². The average molecular weight is 1430 g/mol. The number of carbonyl (C=O) groups is 10. The number of nitrogens with one attached hydrogen (secondary N) is 5. The normalized spacial score (nSPS) is 14.4. The van der Waals surface area contributed by atoms with Gasteiger partial charge in [-0.1, -0.05) is 71.7 Å². The van der Waals surface area contributed by atoms with Crippen molar-refractivity contribution in [3.63, 3.8) is 0 Å². The summed E-state index contributed by atoms with van der Waals surface area (Å²) in [7, 11) is 0. The van der Waals surface area contributed by atoms with Gasteiger partial charge in [0.05, 0.1) is 6.04 Å². The first kappa shape index (κ1) is 80.4. The van der Waals surface area contributed by atoms with Crippen LogP contribution in [0.25, 0.3) is 0 Å². The number of benzene rings is 6. The first-order valence-corrected chi connectivity index (χ1v) is 34.2. The van der Waals surface area contributed by atoms with E-state index in [1.54, 1.807) is 57.2 Å². The largest absolute Gasteiger partial charge is 0.480 e. The van der Waals surface area contributed by atoms with Crippen LogP contribution in [0.1, 0.15) is 160 Å². The molecule has 0 fully saturated rings. The minimum atomic E-state index is -1.06. The molecule has 2 aliphatic heterocycles. The van der Waals surface area contributed by atoms with Crippen molar-refractivity contribution in [1.29, 1.82) is 0 Å². The smallest absolute Gasteiger partial charge is 0.407 e. The number of aryl methyl sites for hydroxylation is 2. The number of alkyl carbamates (subject to hydrolysis) is 2. The maximum atomic E-state index is 14.0. The third kappa shape index (κ3) is 26.8. The molecule has 4 atom stereocenters. The molecule has 0 bridgehead atoms. The zero-order valence-electron chi connectivity index (χ0n) is 58.2. The molecule has 2 aliphatic rings. The van der Waals surface area contributed by atoms with E-state index in [1.165, 1.54) is 58.3 Å². The van der Waals surface area contributed by atoms with Crippen molar-refractivity contribution in [3.8, 4) is 0 Å². The molecule has 0 aromatic heterocycles. The predicted molar refractivity (Wildman–Crippen MR) is 382 cm³/mol. The summed E-state index contributed by atoms with van der Waals surface area (Å²) in [6, 6.07) is 32.1. The van der Waals surface area contributed by atoms with E-state index >= 15 is 0 Å². The second-order valence-electron chi connectivity index (χ2n) is 26.6. The Morgan fingerprint density at radius 2 is 0.931 bits per heavy atom. The number of aliphatic carboxylic acids is 1. The number of nitrogens with zero attached hydrogens (tertiary/aromatic N) is 2. The molecule has 0 saturated carbocycles. The second kappa shape index (κ2) is 38.3. The SMILES string of the molecule is Cc1cc(NC(=O)[C@@H](N)CCCCNC(=O)OC(C)(C)C)ccc1Cl.Cc1cc(NC(=O)[C@H](CCCCNC(=O)OC(C)(C)C)NC(=O)C2Cc3ccccc3CN2C(=O)CCC(=O)c2ccc(F)cc2)ccc1Cl.O=C(CCC(=O)N1Cc2ccccc2CC1C(=O)O)c1ccc(F)cc1. The van der Waals surface area contributed by atoms with E-state index in [0.29, 0.717) is 64.9 Å². The topological polar surface area (TPSA) is 302 Å². The van der Waals surface area contributed by atoms with E-state index in [4.69, 9.17) is 38.4 Å². The van der Waals surface area contributed by atoms with Crippen LogP contribution in [-0.2, 0) is 64.2 Å². The summed E-state index contributed by atoms with van der Waals surface area (Å²) in [5.41, 5.74) is 11.9. The number of carboxylic acids is 1. The molecule has 540 valence electrons. The number of ketones is 2. The summed E-state index contributed by atoms with van der Waals surface area (Å²) >= 11 is 12.1. The lowest BCUT2D eigenvalue weighted by molar-refractivity contribution is -0.151. The number of hydrogen-bond acceptors (Lipinski definition) is 13. The van der Waals surface area contributed by atoms with Crippen LogP contribution in [0.3, 0.4) is 0 Å². The van der Waals surface area contributed by atoms with Gasteiger partial charge in [0.2, 0.25) is 29.5 Å². The van der Waals surface area contributed by atoms with E-state index in [9.17, 15) is 61.8 Å². The Kier molecular flexibility index (Phi) is 30.5. The van der Waals surface area contributed by atoms with Crippen LogP contribution in [-0.4, -0.2) is 123 Å². The highest BCUT2D eigenvalue weighted by atomic mass is 35.5. The number of nitrogens with two attached hydrogens (primary N) is 1. The number of carbonyl (C=O) groups excluding carboxylic acids is 9. The Hall–Kier alpha value is -9.58. The maximum Gasteiger partial charge on any atom is 0.407 e. The van der Waals surface area contributed by atoms with Gasteiger partial charge in [0, 0.05) is 97.3 Å². The van der Waals surface area contributed by atoms with E-state index in [-0.39, 0.29) is 87.3 Å². The summed E-state index contributed by atoms with van der Waals surface area (Å²) in [5, 5.41) is 24.6. The lowest BCUT2D eigenvalue weighted by Gasteiger charge is -2.37. The van der Waals surface area contributed by atoms with Crippen molar-refractivity contribution < 1.29 is 71.3 Å². The van der Waals surface area contributed by atoms with Crippen LogP contribution >= 0.6 is 23.2 Å². The van der Waals surface area contributed by atoms with Crippen molar-refractivity contribution in [2.45, 2.75) is 181 Å². The van der Waals surface area contributed by atoms with Crippen LogP contribution in [0.15, 0.2) is 133 Å². The maximum absolute atomic E-state index is 14.0. The molecule has 0 radical (unpaired) electrons. The summed E-state index contributed by atoms with van der Waals surface area (Å²) in [4.78, 5) is 129. The van der Waals surface area contributed by atoms with E-state index in [2.05, 4.69) is 26.6 Å². The fourth-order valence-corrected chi connectivity index (χ4v) is 11.1. The van der Waals surface area contributed by atoms with Gasteiger partial charge in [-0.3, -0.25) is 33.6 Å². The number of fused-ring (bicyclic) bond motifs is 2. The van der Waals surface area contributed by atoms with E-state index in [1.807, 2.05) is 83.1 Å². The molecule has 25 heteroatoms. The number of halogens is 4. The first-order chi connectivity index (χ1) is 47.7. The number of unbranched alkanes of at least 4 members (excludes halogenated alkanes) is 2. The summed E-state index contributed by atoms with van der Waals surface area (Å²) < 4.78 is 36.7. The van der Waals surface area contributed by atoms with Gasteiger partial charge in [-0.05, 0) is 212 Å². The van der Waals surface area contributed by atoms with Gasteiger partial charge in [-0.15, -0.1) is 0 Å². The highest BCUT2D eigenvalue weighted by molar-refractivity contribution is 6.31. The zero-order valence-corrected chi connectivity index (χ0v) is 59.7. The zero-order chi connectivity index (χ0) is 74.1. The van der Waals surface area contributed by atoms with Crippen molar-refractivity contribution in [2.24, 2.45) is 5.73 Å². The average Bonchev–Trinajstić information content (AvgIpc) is 0.802. The number of carboxylic acid groups (broad SMARTS) is 1. The summed E-state index contributed by atoms with van der Waals surface area (Å²) in [6.07, 6.45) is 2.35. The molecular weight excluding hydrogens is 1340 g/mol. The van der Waals surface area contributed by atoms with Crippen LogP contribution in [0.5, 0.6) is 0 Å². The predicted octanol–water partition coefficient (Wildman–Crippen LogP) is 13.0. The Bertz CT molecular complexity index is 3900. The fraction of sp³-hybridized carbons (Fsp3) is 0.395. The molecule has 21 nitrogen and oxygen atoms in total. The monoisotopic (exact) mass is 1430 g/mol.